The molecule has 3 N–H and O–H groups in total. The number of benzene rings is 1. The van der Waals surface area contributed by atoms with Gasteiger partial charge in [0.25, 0.3) is 0 Å². The van der Waals surface area contributed by atoms with Crippen molar-refractivity contribution in [3.05, 3.63) is 29.3 Å². The lowest BCUT2D eigenvalue weighted by Crippen LogP contribution is -2.39. The van der Waals surface area contributed by atoms with Gasteiger partial charge in [0.15, 0.2) is 0 Å². The fraction of sp³-hybridized carbons (Fsp3) is 0.667. The third kappa shape index (κ3) is 6.06. The summed E-state index contributed by atoms with van der Waals surface area (Å²) < 4.78 is 5.96. The van der Waals surface area contributed by atoms with E-state index < -0.39 is 5.54 Å². The van der Waals surface area contributed by atoms with Crippen LogP contribution in [-0.4, -0.2) is 23.9 Å². The van der Waals surface area contributed by atoms with Gasteiger partial charge >= 0.3 is 0 Å². The standard InChI is InChI=1S/C18H31NO2/c1-14-8-9-16(15(12-14)17(2,3)4)21-11-7-6-10-18(5,19)13-20/h8-9,12,20H,6-7,10-11,13,19H2,1-5H3. The van der Waals surface area contributed by atoms with Gasteiger partial charge < -0.3 is 15.6 Å². The Kier molecular flexibility index (Phi) is 6.24. The van der Waals surface area contributed by atoms with Crippen LogP contribution in [0.4, 0.5) is 0 Å². The van der Waals surface area contributed by atoms with Gasteiger partial charge in [0, 0.05) is 5.54 Å². The van der Waals surface area contributed by atoms with Crippen LogP contribution in [0.1, 0.15) is 58.1 Å². The Morgan fingerprint density at radius 1 is 1.14 bits per heavy atom. The molecule has 0 heterocycles. The molecule has 1 rings (SSSR count). The first-order valence-corrected chi connectivity index (χ1v) is 7.79. The summed E-state index contributed by atoms with van der Waals surface area (Å²) in [5, 5.41) is 9.12. The van der Waals surface area contributed by atoms with E-state index in [4.69, 9.17) is 15.6 Å². The number of aliphatic hydroxyl groups excluding tert-OH is 1. The topological polar surface area (TPSA) is 55.5 Å². The molecule has 0 aliphatic rings. The number of nitrogens with two attached hydrogens (primary N) is 1. The molecule has 1 aromatic carbocycles. The molecule has 0 saturated heterocycles. The van der Waals surface area contributed by atoms with Gasteiger partial charge in [-0.2, -0.15) is 0 Å². The highest BCUT2D eigenvalue weighted by atomic mass is 16.5. The fourth-order valence-corrected chi connectivity index (χ4v) is 2.25. The zero-order chi connectivity index (χ0) is 16.1. The summed E-state index contributed by atoms with van der Waals surface area (Å²) in [6.45, 7) is 11.3. The maximum absolute atomic E-state index is 9.12. The molecule has 0 aliphatic heterocycles. The average Bonchev–Trinajstić information content (AvgIpc) is 2.38. The molecule has 1 aromatic rings. The van der Waals surface area contributed by atoms with Crippen molar-refractivity contribution in [1.82, 2.24) is 0 Å². The average molecular weight is 293 g/mol. The predicted molar refractivity (Wildman–Crippen MR) is 88.9 cm³/mol. The van der Waals surface area contributed by atoms with Gasteiger partial charge in [0.1, 0.15) is 5.75 Å². The molecule has 0 aromatic heterocycles. The summed E-state index contributed by atoms with van der Waals surface area (Å²) >= 11 is 0. The molecule has 1 unspecified atom stereocenters. The SMILES string of the molecule is Cc1ccc(OCCCCC(C)(N)CO)c(C(C)(C)C)c1. The second-order valence-corrected chi connectivity index (χ2v) is 7.37. The summed E-state index contributed by atoms with van der Waals surface area (Å²) in [6.07, 6.45) is 2.72. The summed E-state index contributed by atoms with van der Waals surface area (Å²) in [7, 11) is 0. The van der Waals surface area contributed by atoms with Crippen LogP contribution in [0.3, 0.4) is 0 Å². The van der Waals surface area contributed by atoms with Crippen LogP contribution in [-0.2, 0) is 5.41 Å². The molecule has 3 nitrogen and oxygen atoms in total. The maximum Gasteiger partial charge on any atom is 0.123 e. The second kappa shape index (κ2) is 7.28. The minimum Gasteiger partial charge on any atom is -0.493 e. The van der Waals surface area contributed by atoms with Crippen molar-refractivity contribution in [1.29, 1.82) is 0 Å². The molecule has 0 spiro atoms. The first kappa shape index (κ1) is 18.0. The summed E-state index contributed by atoms with van der Waals surface area (Å²) in [5.41, 5.74) is 8.03. The van der Waals surface area contributed by atoms with Gasteiger partial charge in [-0.1, -0.05) is 38.5 Å². The first-order chi connectivity index (χ1) is 9.65. The van der Waals surface area contributed by atoms with E-state index in [1.54, 1.807) is 0 Å². The molecule has 0 bridgehead atoms. The quantitative estimate of drug-likeness (QED) is 0.756. The Morgan fingerprint density at radius 3 is 2.38 bits per heavy atom. The van der Waals surface area contributed by atoms with Crippen LogP contribution in [0.5, 0.6) is 5.75 Å². The highest BCUT2D eigenvalue weighted by Crippen LogP contribution is 2.32. The van der Waals surface area contributed by atoms with Crippen molar-refractivity contribution in [2.45, 2.75) is 64.8 Å². The van der Waals surface area contributed by atoms with E-state index in [0.717, 1.165) is 25.0 Å². The lowest BCUT2D eigenvalue weighted by Gasteiger charge is -2.24. The van der Waals surface area contributed by atoms with Gasteiger partial charge in [-0.25, -0.2) is 0 Å². The van der Waals surface area contributed by atoms with Crippen LogP contribution in [0.15, 0.2) is 18.2 Å². The predicted octanol–water partition coefficient (Wildman–Crippen LogP) is 3.55. The molecule has 1 atom stereocenters. The van der Waals surface area contributed by atoms with E-state index in [2.05, 4.69) is 45.9 Å². The first-order valence-electron chi connectivity index (χ1n) is 7.79. The van der Waals surface area contributed by atoms with Crippen molar-refractivity contribution < 1.29 is 9.84 Å². The van der Waals surface area contributed by atoms with Gasteiger partial charge in [-0.05, 0) is 50.2 Å². The molecule has 120 valence electrons. The number of aliphatic hydroxyl groups is 1. The molecule has 0 saturated carbocycles. The third-order valence-corrected chi connectivity index (χ3v) is 3.70. The lowest BCUT2D eigenvalue weighted by atomic mass is 9.85. The fourth-order valence-electron chi connectivity index (χ4n) is 2.25. The van der Waals surface area contributed by atoms with Crippen LogP contribution >= 0.6 is 0 Å². The smallest absolute Gasteiger partial charge is 0.123 e. The van der Waals surface area contributed by atoms with E-state index in [1.807, 2.05) is 6.92 Å². The Morgan fingerprint density at radius 2 is 1.81 bits per heavy atom. The molecular weight excluding hydrogens is 262 g/mol. The second-order valence-electron chi connectivity index (χ2n) is 7.37. The summed E-state index contributed by atoms with van der Waals surface area (Å²) in [4.78, 5) is 0. The zero-order valence-electron chi connectivity index (χ0n) is 14.2. The van der Waals surface area contributed by atoms with Crippen molar-refractivity contribution in [3.8, 4) is 5.75 Å². The highest BCUT2D eigenvalue weighted by molar-refractivity contribution is 5.41. The van der Waals surface area contributed by atoms with Gasteiger partial charge in [0.2, 0.25) is 0 Å². The van der Waals surface area contributed by atoms with Crippen molar-refractivity contribution in [2.75, 3.05) is 13.2 Å². The molecule has 0 fully saturated rings. The number of unbranched alkanes of at least 4 members (excludes halogenated alkanes) is 1. The van der Waals surface area contributed by atoms with Gasteiger partial charge in [0.05, 0.1) is 13.2 Å². The van der Waals surface area contributed by atoms with Crippen molar-refractivity contribution in [3.63, 3.8) is 0 Å². The normalized spacial score (nSPS) is 14.8. The molecule has 0 radical (unpaired) electrons. The van der Waals surface area contributed by atoms with Crippen LogP contribution in [0.2, 0.25) is 0 Å². The summed E-state index contributed by atoms with van der Waals surface area (Å²) in [6, 6.07) is 6.36. The van der Waals surface area contributed by atoms with Crippen molar-refractivity contribution in [2.24, 2.45) is 5.73 Å². The minimum atomic E-state index is -0.472. The summed E-state index contributed by atoms with van der Waals surface area (Å²) in [5.74, 6) is 0.978. The van der Waals surface area contributed by atoms with Crippen molar-refractivity contribution >= 4 is 0 Å². The van der Waals surface area contributed by atoms with Crippen LogP contribution in [0.25, 0.3) is 0 Å². The number of hydrogen-bond donors (Lipinski definition) is 2. The number of hydrogen-bond acceptors (Lipinski definition) is 3. The maximum atomic E-state index is 9.12. The van der Waals surface area contributed by atoms with Gasteiger partial charge in [-0.15, -0.1) is 0 Å². The monoisotopic (exact) mass is 293 g/mol. The Bertz CT molecular complexity index is 447. The largest absolute Gasteiger partial charge is 0.493 e. The Hall–Kier alpha value is -1.06. The van der Waals surface area contributed by atoms with Crippen LogP contribution < -0.4 is 10.5 Å². The molecule has 21 heavy (non-hydrogen) atoms. The number of rotatable bonds is 7. The van der Waals surface area contributed by atoms with E-state index >= 15 is 0 Å². The Balaban J connectivity index is 2.53. The van der Waals surface area contributed by atoms with E-state index in [-0.39, 0.29) is 12.0 Å². The molecule has 0 aliphatic carbocycles. The highest BCUT2D eigenvalue weighted by Gasteiger charge is 2.19. The third-order valence-electron chi connectivity index (χ3n) is 3.70. The molecule has 3 heteroatoms. The van der Waals surface area contributed by atoms with E-state index in [0.29, 0.717) is 6.61 Å². The lowest BCUT2D eigenvalue weighted by molar-refractivity contribution is 0.194. The Labute approximate surface area is 129 Å². The zero-order valence-corrected chi connectivity index (χ0v) is 14.2. The number of ether oxygens (including phenoxy) is 1. The molecular formula is C18H31NO2. The molecule has 0 amide bonds. The van der Waals surface area contributed by atoms with Gasteiger partial charge in [-0.3, -0.25) is 0 Å². The van der Waals surface area contributed by atoms with E-state index in [1.165, 1.54) is 11.1 Å². The minimum absolute atomic E-state index is 0.0278. The van der Waals surface area contributed by atoms with Crippen LogP contribution in [0, 0.1) is 6.92 Å². The van der Waals surface area contributed by atoms with E-state index in [9.17, 15) is 0 Å². The number of aryl methyl sites for hydroxylation is 1.